The van der Waals surface area contributed by atoms with Crippen molar-refractivity contribution in [3.63, 3.8) is 0 Å². The summed E-state index contributed by atoms with van der Waals surface area (Å²) in [4.78, 5) is 2.45. The standard InChI is InChI=1S/C20H33NO3S/c1-3-4-5-9-15-19(22)20(18-14-10-11-16-21(18)2)25(23,24)17-12-7-6-8-13-17/h6-8,12-13,18-20,22H,3-5,9-11,14-16H2,1-2H3/t18?,19-,20+/m1/s1. The third-order valence-electron chi connectivity index (χ3n) is 5.37. The van der Waals surface area contributed by atoms with Gasteiger partial charge in [-0.05, 0) is 45.0 Å². The topological polar surface area (TPSA) is 57.6 Å². The molecule has 3 atom stereocenters. The summed E-state index contributed by atoms with van der Waals surface area (Å²) >= 11 is 0. The summed E-state index contributed by atoms with van der Waals surface area (Å²) in [5, 5.41) is 10.1. The fraction of sp³-hybridized carbons (Fsp3) is 0.700. The summed E-state index contributed by atoms with van der Waals surface area (Å²) in [6.07, 6.45) is 6.89. The van der Waals surface area contributed by atoms with E-state index in [2.05, 4.69) is 11.8 Å². The van der Waals surface area contributed by atoms with Gasteiger partial charge in [0.15, 0.2) is 9.84 Å². The van der Waals surface area contributed by atoms with Crippen LogP contribution in [-0.2, 0) is 9.84 Å². The molecule has 1 fully saturated rings. The van der Waals surface area contributed by atoms with Gasteiger partial charge in [-0.25, -0.2) is 8.42 Å². The predicted molar refractivity (Wildman–Crippen MR) is 102 cm³/mol. The molecule has 1 unspecified atom stereocenters. The van der Waals surface area contributed by atoms with E-state index in [1.54, 1.807) is 24.3 Å². The lowest BCUT2D eigenvalue weighted by molar-refractivity contribution is 0.0910. The van der Waals surface area contributed by atoms with Crippen molar-refractivity contribution in [2.45, 2.75) is 80.6 Å². The average molecular weight is 368 g/mol. The van der Waals surface area contributed by atoms with E-state index >= 15 is 0 Å². The highest BCUT2D eigenvalue weighted by Crippen LogP contribution is 2.30. The molecule has 0 radical (unpaired) electrons. The maximum Gasteiger partial charge on any atom is 0.185 e. The molecule has 0 spiro atoms. The van der Waals surface area contributed by atoms with Crippen molar-refractivity contribution in [2.24, 2.45) is 0 Å². The maximum atomic E-state index is 13.3. The zero-order valence-electron chi connectivity index (χ0n) is 15.6. The first-order chi connectivity index (χ1) is 12.0. The molecule has 5 heteroatoms. The van der Waals surface area contributed by atoms with Crippen LogP contribution in [0.1, 0.15) is 58.3 Å². The Kier molecular flexibility index (Phi) is 7.91. The molecule has 0 aromatic heterocycles. The Bertz CT molecular complexity index is 603. The smallest absolute Gasteiger partial charge is 0.185 e. The van der Waals surface area contributed by atoms with E-state index in [0.717, 1.165) is 51.5 Å². The fourth-order valence-electron chi connectivity index (χ4n) is 3.90. The molecule has 0 aliphatic carbocycles. The highest BCUT2D eigenvalue weighted by molar-refractivity contribution is 7.92. The maximum absolute atomic E-state index is 13.3. The molecule has 1 saturated heterocycles. The molecule has 1 aliphatic heterocycles. The highest BCUT2D eigenvalue weighted by Gasteiger charge is 2.42. The van der Waals surface area contributed by atoms with Gasteiger partial charge in [-0.3, -0.25) is 0 Å². The summed E-state index contributed by atoms with van der Waals surface area (Å²) in [7, 11) is -1.58. The van der Waals surface area contributed by atoms with Gasteiger partial charge in [0, 0.05) is 6.04 Å². The zero-order chi connectivity index (χ0) is 18.3. The Balaban J connectivity index is 2.25. The van der Waals surface area contributed by atoms with Crippen LogP contribution in [0.3, 0.4) is 0 Å². The van der Waals surface area contributed by atoms with Crippen LogP contribution < -0.4 is 0 Å². The quantitative estimate of drug-likeness (QED) is 0.677. The van der Waals surface area contributed by atoms with Gasteiger partial charge in [0.05, 0.1) is 11.0 Å². The molecule has 0 bridgehead atoms. The normalized spacial score (nSPS) is 21.8. The number of benzene rings is 1. The van der Waals surface area contributed by atoms with Crippen molar-refractivity contribution in [3.8, 4) is 0 Å². The van der Waals surface area contributed by atoms with Crippen molar-refractivity contribution >= 4 is 9.84 Å². The lowest BCUT2D eigenvalue weighted by Gasteiger charge is -2.39. The predicted octanol–water partition coefficient (Wildman–Crippen LogP) is 3.64. The van der Waals surface area contributed by atoms with E-state index in [9.17, 15) is 13.5 Å². The number of nitrogens with zero attached hydrogens (tertiary/aromatic N) is 1. The summed E-state index contributed by atoms with van der Waals surface area (Å²) in [6.45, 7) is 3.05. The molecule has 1 N–H and O–H groups in total. The van der Waals surface area contributed by atoms with Crippen LogP contribution in [0.4, 0.5) is 0 Å². The van der Waals surface area contributed by atoms with Crippen LogP contribution in [0.15, 0.2) is 35.2 Å². The molecule has 25 heavy (non-hydrogen) atoms. The molecular formula is C20H33NO3S. The second-order valence-electron chi connectivity index (χ2n) is 7.28. The number of aliphatic hydroxyl groups excluding tert-OH is 1. The molecular weight excluding hydrogens is 334 g/mol. The van der Waals surface area contributed by atoms with Gasteiger partial charge in [0.2, 0.25) is 0 Å². The number of likely N-dealkylation sites (tertiary alicyclic amines) is 1. The van der Waals surface area contributed by atoms with Crippen LogP contribution in [0.2, 0.25) is 0 Å². The summed E-state index contributed by atoms with van der Waals surface area (Å²) in [5.74, 6) is 0. The second-order valence-corrected chi connectivity index (χ2v) is 9.39. The van der Waals surface area contributed by atoms with Gasteiger partial charge >= 0.3 is 0 Å². The van der Waals surface area contributed by atoms with E-state index in [1.807, 2.05) is 13.1 Å². The van der Waals surface area contributed by atoms with Crippen LogP contribution in [0, 0.1) is 0 Å². The Morgan fingerprint density at radius 3 is 2.52 bits per heavy atom. The Morgan fingerprint density at radius 1 is 1.16 bits per heavy atom. The lowest BCUT2D eigenvalue weighted by Crippen LogP contribution is -2.53. The van der Waals surface area contributed by atoms with Crippen molar-refractivity contribution in [1.29, 1.82) is 0 Å². The molecule has 2 rings (SSSR count). The number of hydrogen-bond acceptors (Lipinski definition) is 4. The van der Waals surface area contributed by atoms with Gasteiger partial charge in [-0.1, -0.05) is 57.2 Å². The largest absolute Gasteiger partial charge is 0.392 e. The number of aliphatic hydroxyl groups is 1. The van der Waals surface area contributed by atoms with Crippen LogP contribution in [-0.4, -0.2) is 49.4 Å². The summed E-state index contributed by atoms with van der Waals surface area (Å²) in [6, 6.07) is 8.51. The summed E-state index contributed by atoms with van der Waals surface area (Å²) < 4.78 is 26.6. The minimum absolute atomic E-state index is 0.111. The minimum Gasteiger partial charge on any atom is -0.392 e. The number of hydrogen-bond donors (Lipinski definition) is 1. The first kappa shape index (κ1) is 20.4. The molecule has 142 valence electrons. The van der Waals surface area contributed by atoms with Crippen molar-refractivity contribution < 1.29 is 13.5 Å². The average Bonchev–Trinajstić information content (AvgIpc) is 2.61. The van der Waals surface area contributed by atoms with Crippen LogP contribution in [0.25, 0.3) is 0 Å². The number of piperidine rings is 1. The van der Waals surface area contributed by atoms with Crippen molar-refractivity contribution in [3.05, 3.63) is 30.3 Å². The molecule has 1 heterocycles. The van der Waals surface area contributed by atoms with Crippen molar-refractivity contribution in [1.82, 2.24) is 4.90 Å². The Morgan fingerprint density at radius 2 is 1.88 bits per heavy atom. The molecule has 0 saturated carbocycles. The van der Waals surface area contributed by atoms with E-state index in [4.69, 9.17) is 0 Å². The molecule has 4 nitrogen and oxygen atoms in total. The first-order valence-electron chi connectivity index (χ1n) is 9.65. The second kappa shape index (κ2) is 9.70. The van der Waals surface area contributed by atoms with Crippen LogP contribution in [0.5, 0.6) is 0 Å². The van der Waals surface area contributed by atoms with Gasteiger partial charge in [0.25, 0.3) is 0 Å². The van der Waals surface area contributed by atoms with Gasteiger partial charge in [0.1, 0.15) is 5.25 Å². The number of unbranched alkanes of at least 4 members (excludes halogenated alkanes) is 3. The zero-order valence-corrected chi connectivity index (χ0v) is 16.4. The Hall–Kier alpha value is -0.910. The first-order valence-corrected chi connectivity index (χ1v) is 11.2. The highest BCUT2D eigenvalue weighted by atomic mass is 32.2. The third-order valence-corrected chi connectivity index (χ3v) is 7.64. The lowest BCUT2D eigenvalue weighted by atomic mass is 9.94. The SMILES string of the molecule is CCCCCC[C@@H](O)[C@H](C1CCCCN1C)S(=O)(=O)c1ccccc1. The van der Waals surface area contributed by atoms with E-state index < -0.39 is 21.2 Å². The van der Waals surface area contributed by atoms with Gasteiger partial charge in [-0.15, -0.1) is 0 Å². The van der Waals surface area contributed by atoms with E-state index in [-0.39, 0.29) is 6.04 Å². The Labute approximate surface area is 153 Å². The van der Waals surface area contributed by atoms with Gasteiger partial charge in [-0.2, -0.15) is 0 Å². The van der Waals surface area contributed by atoms with Crippen LogP contribution >= 0.6 is 0 Å². The third kappa shape index (κ3) is 5.28. The monoisotopic (exact) mass is 367 g/mol. The van der Waals surface area contributed by atoms with E-state index in [1.165, 1.54) is 0 Å². The fourth-order valence-corrected chi connectivity index (χ4v) is 6.06. The molecule has 1 aliphatic rings. The molecule has 1 aromatic carbocycles. The van der Waals surface area contributed by atoms with Gasteiger partial charge < -0.3 is 10.0 Å². The summed E-state index contributed by atoms with van der Waals surface area (Å²) in [5.41, 5.74) is 0. The minimum atomic E-state index is -3.57. The van der Waals surface area contributed by atoms with Crippen molar-refractivity contribution in [2.75, 3.05) is 13.6 Å². The molecule has 0 amide bonds. The van der Waals surface area contributed by atoms with E-state index in [0.29, 0.717) is 11.3 Å². The molecule has 1 aromatic rings. The number of sulfone groups is 1. The number of rotatable bonds is 9.